The van der Waals surface area contributed by atoms with Gasteiger partial charge in [-0.1, -0.05) is 60.7 Å². The maximum atomic E-state index is 13.6. The van der Waals surface area contributed by atoms with Crippen LogP contribution in [0, 0.1) is 0 Å². The first kappa shape index (κ1) is 16.1. The number of carbonyl (C=O) groups excluding carboxylic acids is 2. The molecule has 1 unspecified atom stereocenters. The second-order valence-corrected chi connectivity index (χ2v) is 6.32. The summed E-state index contributed by atoms with van der Waals surface area (Å²) in [6, 6.07) is 25.7. The van der Waals surface area contributed by atoms with Crippen LogP contribution in [0.3, 0.4) is 0 Å². The first-order valence-corrected chi connectivity index (χ1v) is 8.45. The van der Waals surface area contributed by atoms with Gasteiger partial charge in [0.1, 0.15) is 0 Å². The van der Waals surface area contributed by atoms with Gasteiger partial charge in [-0.3, -0.25) is 9.59 Å². The van der Waals surface area contributed by atoms with Crippen LogP contribution in [-0.2, 0) is 10.3 Å². The molecule has 0 aliphatic carbocycles. The topological polar surface area (TPSA) is 49.4 Å². The highest BCUT2D eigenvalue weighted by Gasteiger charge is 2.53. The van der Waals surface area contributed by atoms with E-state index in [1.165, 1.54) is 0 Å². The third-order valence-electron chi connectivity index (χ3n) is 4.79. The summed E-state index contributed by atoms with van der Waals surface area (Å²) in [5, 5.41) is 3.24. The van der Waals surface area contributed by atoms with Gasteiger partial charge in [-0.15, -0.1) is 0 Å². The van der Waals surface area contributed by atoms with Crippen molar-refractivity contribution in [2.75, 3.05) is 17.3 Å². The molecule has 1 amide bonds. The summed E-state index contributed by atoms with van der Waals surface area (Å²) in [6.07, 6.45) is 0. The number of anilines is 2. The Balaban J connectivity index is 1.96. The van der Waals surface area contributed by atoms with E-state index < -0.39 is 5.54 Å². The smallest absolute Gasteiger partial charge is 0.265 e. The van der Waals surface area contributed by atoms with E-state index in [4.69, 9.17) is 0 Å². The molecule has 1 aliphatic rings. The molecule has 128 valence electrons. The predicted octanol–water partition coefficient (Wildman–Crippen LogP) is 3.85. The van der Waals surface area contributed by atoms with Crippen LogP contribution >= 0.6 is 0 Å². The fourth-order valence-corrected chi connectivity index (χ4v) is 3.48. The minimum absolute atomic E-state index is 0.244. The number of hydrogen-bond acceptors (Lipinski definition) is 3. The molecule has 0 fully saturated rings. The van der Waals surface area contributed by atoms with Gasteiger partial charge in [0.05, 0.1) is 5.69 Å². The first-order valence-electron chi connectivity index (χ1n) is 8.45. The summed E-state index contributed by atoms with van der Waals surface area (Å²) in [5.41, 5.74) is 1.00. The highest BCUT2D eigenvalue weighted by atomic mass is 16.2. The molecule has 0 radical (unpaired) electrons. The Morgan fingerprint density at radius 1 is 0.769 bits per heavy atom. The molecule has 1 atom stereocenters. The van der Waals surface area contributed by atoms with Crippen LogP contribution in [0.4, 0.5) is 11.4 Å². The van der Waals surface area contributed by atoms with Crippen LogP contribution in [0.15, 0.2) is 84.9 Å². The number of carbonyl (C=O) groups is 2. The molecule has 4 nitrogen and oxygen atoms in total. The lowest BCUT2D eigenvalue weighted by Crippen LogP contribution is -2.59. The molecule has 0 aromatic heterocycles. The molecule has 1 aliphatic heterocycles. The molecule has 1 heterocycles. The van der Waals surface area contributed by atoms with E-state index in [1.807, 2.05) is 72.8 Å². The average Bonchev–Trinajstić information content (AvgIpc) is 2.71. The Hall–Kier alpha value is -3.40. The number of rotatable bonds is 3. The molecular formula is C22H18N2O2. The van der Waals surface area contributed by atoms with Gasteiger partial charge in [0.2, 0.25) is 11.3 Å². The lowest BCUT2D eigenvalue weighted by atomic mass is 9.77. The van der Waals surface area contributed by atoms with Crippen LogP contribution in [0.2, 0.25) is 0 Å². The van der Waals surface area contributed by atoms with Gasteiger partial charge in [-0.2, -0.15) is 0 Å². The minimum atomic E-state index is -1.49. The van der Waals surface area contributed by atoms with Crippen molar-refractivity contribution in [1.29, 1.82) is 0 Å². The van der Waals surface area contributed by atoms with Crippen molar-refractivity contribution in [2.45, 2.75) is 5.54 Å². The van der Waals surface area contributed by atoms with Crippen LogP contribution in [0.1, 0.15) is 15.9 Å². The quantitative estimate of drug-likeness (QED) is 0.736. The number of hydrogen-bond donors (Lipinski definition) is 1. The summed E-state index contributed by atoms with van der Waals surface area (Å²) in [6.45, 7) is 0. The number of amides is 1. The zero-order chi connectivity index (χ0) is 18.1. The zero-order valence-corrected chi connectivity index (χ0v) is 14.3. The standard InChI is InChI=1S/C22H18N2O2/c1-24-19-15-9-8-14-18(19)20(25)22(21(24)26,16-10-4-2-5-11-16)23-17-12-6-3-7-13-17/h2-15,23H,1H3. The third-order valence-corrected chi connectivity index (χ3v) is 4.79. The summed E-state index contributed by atoms with van der Waals surface area (Å²) in [7, 11) is 1.71. The fraction of sp³-hybridized carbons (Fsp3) is 0.0909. The first-order chi connectivity index (χ1) is 12.6. The highest BCUT2D eigenvalue weighted by molar-refractivity contribution is 6.29. The van der Waals surface area contributed by atoms with E-state index in [1.54, 1.807) is 24.1 Å². The molecule has 1 N–H and O–H groups in total. The predicted molar refractivity (Wildman–Crippen MR) is 102 cm³/mol. The SMILES string of the molecule is CN1C(=O)C(Nc2ccccc2)(c2ccccc2)C(=O)c2ccccc21. The van der Waals surface area contributed by atoms with Crippen molar-refractivity contribution in [3.05, 3.63) is 96.1 Å². The Bertz CT molecular complexity index is 970. The highest BCUT2D eigenvalue weighted by Crippen LogP contribution is 2.39. The van der Waals surface area contributed by atoms with E-state index in [9.17, 15) is 9.59 Å². The van der Waals surface area contributed by atoms with Gasteiger partial charge in [-0.05, 0) is 29.8 Å². The summed E-state index contributed by atoms with van der Waals surface area (Å²) < 4.78 is 0. The lowest BCUT2D eigenvalue weighted by Gasteiger charge is -2.41. The summed E-state index contributed by atoms with van der Waals surface area (Å²) >= 11 is 0. The zero-order valence-electron chi connectivity index (χ0n) is 14.3. The summed E-state index contributed by atoms with van der Waals surface area (Å²) in [5.74, 6) is -0.539. The Kier molecular flexibility index (Phi) is 3.81. The van der Waals surface area contributed by atoms with Gasteiger partial charge in [0, 0.05) is 18.3 Å². The fourth-order valence-electron chi connectivity index (χ4n) is 3.48. The van der Waals surface area contributed by atoms with E-state index in [0.29, 0.717) is 22.5 Å². The van der Waals surface area contributed by atoms with Gasteiger partial charge in [-0.25, -0.2) is 0 Å². The molecule has 0 saturated carbocycles. The molecule has 4 heteroatoms. The second kappa shape index (κ2) is 6.15. The van der Waals surface area contributed by atoms with Crippen molar-refractivity contribution < 1.29 is 9.59 Å². The van der Waals surface area contributed by atoms with Crippen molar-refractivity contribution >= 4 is 23.1 Å². The molecular weight excluding hydrogens is 324 g/mol. The van der Waals surface area contributed by atoms with Gasteiger partial charge >= 0.3 is 0 Å². The summed E-state index contributed by atoms with van der Waals surface area (Å²) in [4.78, 5) is 28.6. The van der Waals surface area contributed by atoms with Gasteiger partial charge < -0.3 is 10.2 Å². The maximum Gasteiger partial charge on any atom is 0.265 e. The van der Waals surface area contributed by atoms with Crippen LogP contribution in [0.25, 0.3) is 0 Å². The van der Waals surface area contributed by atoms with E-state index in [0.717, 1.165) is 0 Å². The van der Waals surface area contributed by atoms with Crippen LogP contribution < -0.4 is 10.2 Å². The van der Waals surface area contributed by atoms with Crippen LogP contribution in [-0.4, -0.2) is 18.7 Å². The molecule has 3 aromatic rings. The number of fused-ring (bicyclic) bond motifs is 1. The number of likely N-dealkylation sites (N-methyl/N-ethyl adjacent to an activating group) is 1. The molecule has 0 saturated heterocycles. The van der Waals surface area contributed by atoms with E-state index in [-0.39, 0.29) is 11.7 Å². The van der Waals surface area contributed by atoms with Crippen molar-refractivity contribution in [3.63, 3.8) is 0 Å². The Labute approximate surface area is 152 Å². The number of ketones is 1. The second-order valence-electron chi connectivity index (χ2n) is 6.32. The monoisotopic (exact) mass is 342 g/mol. The Morgan fingerprint density at radius 2 is 1.35 bits per heavy atom. The largest absolute Gasteiger partial charge is 0.361 e. The number of benzene rings is 3. The average molecular weight is 342 g/mol. The van der Waals surface area contributed by atoms with Crippen molar-refractivity contribution in [2.24, 2.45) is 0 Å². The van der Waals surface area contributed by atoms with E-state index >= 15 is 0 Å². The third kappa shape index (κ3) is 2.30. The number of nitrogens with zero attached hydrogens (tertiary/aromatic N) is 1. The number of Topliss-reactive ketones (excluding diaryl/α,β-unsaturated/α-hetero) is 1. The molecule has 0 spiro atoms. The molecule has 26 heavy (non-hydrogen) atoms. The number of para-hydroxylation sites is 2. The molecule has 3 aromatic carbocycles. The van der Waals surface area contributed by atoms with Gasteiger partial charge in [0.15, 0.2) is 0 Å². The lowest BCUT2D eigenvalue weighted by molar-refractivity contribution is -0.121. The normalized spacial score (nSPS) is 19.2. The molecule has 0 bridgehead atoms. The van der Waals surface area contributed by atoms with Crippen molar-refractivity contribution in [3.8, 4) is 0 Å². The minimum Gasteiger partial charge on any atom is -0.361 e. The Morgan fingerprint density at radius 3 is 2.04 bits per heavy atom. The maximum absolute atomic E-state index is 13.6. The van der Waals surface area contributed by atoms with E-state index in [2.05, 4.69) is 5.32 Å². The van der Waals surface area contributed by atoms with Gasteiger partial charge in [0.25, 0.3) is 5.91 Å². The van der Waals surface area contributed by atoms with Crippen LogP contribution in [0.5, 0.6) is 0 Å². The number of nitrogens with one attached hydrogen (secondary N) is 1. The van der Waals surface area contributed by atoms with Crippen molar-refractivity contribution in [1.82, 2.24) is 0 Å². The molecule has 4 rings (SSSR count).